The van der Waals surface area contributed by atoms with Gasteiger partial charge in [0.15, 0.2) is 17.2 Å². The number of aromatic amines is 1. The second-order valence-electron chi connectivity index (χ2n) is 7.95. The third kappa shape index (κ3) is 3.17. The molecule has 0 bridgehead atoms. The van der Waals surface area contributed by atoms with Crippen LogP contribution in [0.15, 0.2) is 29.3 Å². The predicted octanol–water partition coefficient (Wildman–Crippen LogP) is 3.01. The first kappa shape index (κ1) is 20.0. The molecule has 164 valence electrons. The number of nitrogens with zero attached hydrogens (tertiary/aromatic N) is 4. The standard InChI is InChI=1S/C21H18F2N6O3/c22-11-5-10-6-14(27-15(10)13(23)7-11)16-20(30)29(12-3-1-9(2-4-12)21(31)32)19-17(28-16)18(24)25-8-26-19/h5-9,12,27H,1-4H2,(H,31,32)(H2,24,25,26). The second-order valence-corrected chi connectivity index (χ2v) is 7.95. The SMILES string of the molecule is Nc1ncnc2c1nc(-c1cc3cc(F)cc(F)c3[nH]1)c(=O)n2C1CCC(C(=O)O)CC1. The predicted molar refractivity (Wildman–Crippen MR) is 112 cm³/mol. The van der Waals surface area contributed by atoms with Crippen LogP contribution in [0.2, 0.25) is 0 Å². The molecule has 0 atom stereocenters. The number of nitrogens with one attached hydrogen (secondary N) is 1. The van der Waals surface area contributed by atoms with E-state index >= 15 is 0 Å². The highest BCUT2D eigenvalue weighted by Gasteiger charge is 2.30. The summed E-state index contributed by atoms with van der Waals surface area (Å²) < 4.78 is 29.3. The highest BCUT2D eigenvalue weighted by Crippen LogP contribution is 2.34. The topological polar surface area (TPSA) is 140 Å². The van der Waals surface area contributed by atoms with Crippen LogP contribution in [0, 0.1) is 17.6 Å². The Morgan fingerprint density at radius 1 is 1.16 bits per heavy atom. The molecule has 32 heavy (non-hydrogen) atoms. The maximum absolute atomic E-state index is 14.2. The van der Waals surface area contributed by atoms with E-state index in [1.165, 1.54) is 17.0 Å². The second kappa shape index (κ2) is 7.36. The van der Waals surface area contributed by atoms with Crippen LogP contribution < -0.4 is 11.3 Å². The molecule has 0 spiro atoms. The summed E-state index contributed by atoms with van der Waals surface area (Å²) in [6.45, 7) is 0. The van der Waals surface area contributed by atoms with Crippen molar-refractivity contribution in [1.29, 1.82) is 0 Å². The lowest BCUT2D eigenvalue weighted by Crippen LogP contribution is -2.32. The van der Waals surface area contributed by atoms with Gasteiger partial charge in [-0.1, -0.05) is 0 Å². The van der Waals surface area contributed by atoms with Crippen molar-refractivity contribution in [3.8, 4) is 11.4 Å². The van der Waals surface area contributed by atoms with Gasteiger partial charge in [0.05, 0.1) is 17.1 Å². The lowest BCUT2D eigenvalue weighted by atomic mass is 9.86. The number of hydrogen-bond acceptors (Lipinski definition) is 6. The van der Waals surface area contributed by atoms with Gasteiger partial charge < -0.3 is 15.8 Å². The zero-order chi connectivity index (χ0) is 22.6. The van der Waals surface area contributed by atoms with E-state index in [4.69, 9.17) is 5.73 Å². The van der Waals surface area contributed by atoms with Gasteiger partial charge in [-0.15, -0.1) is 0 Å². The number of nitrogen functional groups attached to an aromatic ring is 1. The van der Waals surface area contributed by atoms with Crippen molar-refractivity contribution in [3.63, 3.8) is 0 Å². The van der Waals surface area contributed by atoms with E-state index in [0.717, 1.165) is 12.1 Å². The number of aromatic nitrogens is 5. The molecule has 4 aromatic rings. The first-order valence-corrected chi connectivity index (χ1v) is 10.1. The minimum Gasteiger partial charge on any atom is -0.481 e. The number of anilines is 1. The third-order valence-corrected chi connectivity index (χ3v) is 6.02. The Hall–Kier alpha value is -3.89. The number of aliphatic carboxylic acids is 1. The Labute approximate surface area is 178 Å². The summed E-state index contributed by atoms with van der Waals surface area (Å²) in [7, 11) is 0. The molecule has 0 amide bonds. The molecule has 4 N–H and O–H groups in total. The fourth-order valence-corrected chi connectivity index (χ4v) is 4.42. The molecule has 0 radical (unpaired) electrons. The summed E-state index contributed by atoms with van der Waals surface area (Å²) in [6, 6.07) is 3.04. The molecular weight excluding hydrogens is 422 g/mol. The Kier molecular flexibility index (Phi) is 4.61. The monoisotopic (exact) mass is 440 g/mol. The highest BCUT2D eigenvalue weighted by molar-refractivity contribution is 5.88. The maximum Gasteiger partial charge on any atom is 0.306 e. The van der Waals surface area contributed by atoms with Crippen molar-refractivity contribution >= 4 is 33.9 Å². The van der Waals surface area contributed by atoms with E-state index in [9.17, 15) is 23.5 Å². The molecule has 1 aromatic carbocycles. The number of H-pyrrole nitrogens is 1. The van der Waals surface area contributed by atoms with E-state index in [2.05, 4.69) is 19.9 Å². The van der Waals surface area contributed by atoms with Gasteiger partial charge in [0.1, 0.15) is 23.5 Å². The third-order valence-electron chi connectivity index (χ3n) is 6.02. The first-order valence-electron chi connectivity index (χ1n) is 10.1. The summed E-state index contributed by atoms with van der Waals surface area (Å²) in [4.78, 5) is 40.2. The zero-order valence-corrected chi connectivity index (χ0v) is 16.7. The molecular formula is C21H18F2N6O3. The number of carboxylic acids is 1. The summed E-state index contributed by atoms with van der Waals surface area (Å²) in [6.07, 6.45) is 3.00. The first-order chi connectivity index (χ1) is 15.3. The largest absolute Gasteiger partial charge is 0.481 e. The molecule has 5 rings (SSSR count). The summed E-state index contributed by atoms with van der Waals surface area (Å²) in [5.41, 5.74) is 6.19. The van der Waals surface area contributed by atoms with Gasteiger partial charge in [-0.3, -0.25) is 14.2 Å². The Morgan fingerprint density at radius 3 is 2.62 bits per heavy atom. The molecule has 1 fully saturated rings. The van der Waals surface area contributed by atoms with Crippen LogP contribution in [0.25, 0.3) is 33.5 Å². The Bertz CT molecular complexity index is 1440. The number of carbonyl (C=O) groups is 1. The van der Waals surface area contributed by atoms with Crippen LogP contribution >= 0.6 is 0 Å². The van der Waals surface area contributed by atoms with Crippen molar-refractivity contribution in [3.05, 3.63) is 46.5 Å². The average Bonchev–Trinajstić information content (AvgIpc) is 3.18. The summed E-state index contributed by atoms with van der Waals surface area (Å²) in [5, 5.41) is 9.54. The van der Waals surface area contributed by atoms with Crippen molar-refractivity contribution < 1.29 is 18.7 Å². The van der Waals surface area contributed by atoms with Gasteiger partial charge in [0.2, 0.25) is 0 Å². The molecule has 0 unspecified atom stereocenters. The van der Waals surface area contributed by atoms with Gasteiger partial charge in [-0.2, -0.15) is 0 Å². The van der Waals surface area contributed by atoms with Crippen LogP contribution in [0.5, 0.6) is 0 Å². The fraction of sp³-hybridized carbons (Fsp3) is 0.286. The van der Waals surface area contributed by atoms with Crippen molar-refractivity contribution in [2.45, 2.75) is 31.7 Å². The number of fused-ring (bicyclic) bond motifs is 2. The summed E-state index contributed by atoms with van der Waals surface area (Å²) >= 11 is 0. The molecule has 1 saturated carbocycles. The van der Waals surface area contributed by atoms with Gasteiger partial charge in [-0.25, -0.2) is 23.7 Å². The molecule has 0 aliphatic heterocycles. The van der Waals surface area contributed by atoms with E-state index in [0.29, 0.717) is 25.7 Å². The Balaban J connectivity index is 1.71. The van der Waals surface area contributed by atoms with Gasteiger partial charge >= 0.3 is 5.97 Å². The molecule has 9 nitrogen and oxygen atoms in total. The highest BCUT2D eigenvalue weighted by atomic mass is 19.1. The van der Waals surface area contributed by atoms with Gasteiger partial charge in [0, 0.05) is 17.5 Å². The fourth-order valence-electron chi connectivity index (χ4n) is 4.42. The molecule has 1 aliphatic rings. The lowest BCUT2D eigenvalue weighted by Gasteiger charge is -2.28. The van der Waals surface area contributed by atoms with Gasteiger partial charge in [0.25, 0.3) is 5.56 Å². The molecule has 11 heteroatoms. The lowest BCUT2D eigenvalue weighted by molar-refractivity contribution is -0.143. The van der Waals surface area contributed by atoms with Crippen LogP contribution in [-0.2, 0) is 4.79 Å². The minimum atomic E-state index is -0.852. The average molecular weight is 440 g/mol. The number of hydrogen-bond donors (Lipinski definition) is 3. The zero-order valence-electron chi connectivity index (χ0n) is 16.7. The van der Waals surface area contributed by atoms with Crippen molar-refractivity contribution in [1.82, 2.24) is 24.5 Å². The quantitative estimate of drug-likeness (QED) is 0.445. The number of rotatable bonds is 3. The van der Waals surface area contributed by atoms with Crippen LogP contribution in [-0.4, -0.2) is 35.6 Å². The Morgan fingerprint density at radius 2 is 1.91 bits per heavy atom. The summed E-state index contributed by atoms with van der Waals surface area (Å²) in [5.74, 6) is -2.77. The van der Waals surface area contributed by atoms with Crippen molar-refractivity contribution in [2.75, 3.05) is 5.73 Å². The van der Waals surface area contributed by atoms with Crippen LogP contribution in [0.1, 0.15) is 31.7 Å². The maximum atomic E-state index is 14.2. The van der Waals surface area contributed by atoms with E-state index in [1.54, 1.807) is 0 Å². The molecule has 1 aliphatic carbocycles. The van der Waals surface area contributed by atoms with Crippen LogP contribution in [0.4, 0.5) is 14.6 Å². The normalized spacial score (nSPS) is 18.9. The van der Waals surface area contributed by atoms with Crippen LogP contribution in [0.3, 0.4) is 0 Å². The van der Waals surface area contributed by atoms with E-state index in [-0.39, 0.29) is 45.3 Å². The minimum absolute atomic E-state index is 0.0321. The van der Waals surface area contributed by atoms with Crippen molar-refractivity contribution in [2.24, 2.45) is 5.92 Å². The number of carboxylic acid groups (broad SMARTS) is 1. The molecule has 0 saturated heterocycles. The number of nitrogens with two attached hydrogens (primary N) is 1. The van der Waals surface area contributed by atoms with E-state index < -0.39 is 29.1 Å². The van der Waals surface area contributed by atoms with E-state index in [1.807, 2.05) is 0 Å². The van der Waals surface area contributed by atoms with Gasteiger partial charge in [-0.05, 0) is 37.8 Å². The number of benzene rings is 1. The smallest absolute Gasteiger partial charge is 0.306 e. The number of halogens is 2. The molecule has 3 aromatic heterocycles. The molecule has 3 heterocycles.